The van der Waals surface area contributed by atoms with Crippen molar-refractivity contribution in [2.45, 2.75) is 13.3 Å². The Labute approximate surface area is 147 Å². The highest BCUT2D eigenvalue weighted by Gasteiger charge is 2.44. The van der Waals surface area contributed by atoms with Crippen LogP contribution in [0.4, 0.5) is 5.69 Å². The number of benzene rings is 1. The Balaban J connectivity index is 0.000000175. The summed E-state index contributed by atoms with van der Waals surface area (Å²) in [7, 11) is 1.56. The summed E-state index contributed by atoms with van der Waals surface area (Å²) < 4.78 is 0. The van der Waals surface area contributed by atoms with Crippen LogP contribution in [0.25, 0.3) is 10.9 Å². The van der Waals surface area contributed by atoms with Crippen LogP contribution < -0.4 is 11.1 Å². The minimum Gasteiger partial charge on any atom is -0.397 e. The van der Waals surface area contributed by atoms with E-state index in [0.717, 1.165) is 11.8 Å². The van der Waals surface area contributed by atoms with Crippen molar-refractivity contribution in [2.24, 2.45) is 11.8 Å². The number of amides is 1. The molecule has 5 nitrogen and oxygen atoms in total. The van der Waals surface area contributed by atoms with Crippen molar-refractivity contribution in [1.82, 2.24) is 15.2 Å². The average Bonchev–Trinajstić information content (AvgIpc) is 3.23. The molecule has 2 atom stereocenters. The Morgan fingerprint density at radius 2 is 2.17 bits per heavy atom. The van der Waals surface area contributed by atoms with Gasteiger partial charge >= 0.3 is 0 Å². The number of hydrogen-bond donors (Lipinski definition) is 2. The molecule has 4 rings (SSSR count). The van der Waals surface area contributed by atoms with Crippen LogP contribution in [0.2, 0.25) is 5.02 Å². The highest BCUT2D eigenvalue weighted by molar-refractivity contribution is 6.35. The number of nitrogens with zero attached hydrogens (tertiary/aromatic N) is 2. The molecule has 2 aliphatic rings. The van der Waals surface area contributed by atoms with Gasteiger partial charge in [0.25, 0.3) is 5.91 Å². The molecule has 2 fully saturated rings. The molecule has 1 aromatic heterocycles. The van der Waals surface area contributed by atoms with Crippen LogP contribution in [0.3, 0.4) is 0 Å². The molecule has 1 aliphatic carbocycles. The van der Waals surface area contributed by atoms with Crippen molar-refractivity contribution in [2.75, 3.05) is 32.4 Å². The van der Waals surface area contributed by atoms with Gasteiger partial charge in [0.05, 0.1) is 21.8 Å². The third kappa shape index (κ3) is 3.32. The Bertz CT molecular complexity index is 754. The average molecular weight is 347 g/mol. The first-order valence-electron chi connectivity index (χ1n) is 8.32. The van der Waals surface area contributed by atoms with E-state index in [2.05, 4.69) is 22.1 Å². The Kier molecular flexibility index (Phi) is 4.92. The monoisotopic (exact) mass is 346 g/mol. The van der Waals surface area contributed by atoms with Crippen LogP contribution in [0.5, 0.6) is 0 Å². The molecule has 2 unspecified atom stereocenters. The van der Waals surface area contributed by atoms with Crippen molar-refractivity contribution < 1.29 is 4.79 Å². The van der Waals surface area contributed by atoms with Gasteiger partial charge in [-0.3, -0.25) is 9.78 Å². The second kappa shape index (κ2) is 6.95. The second-order valence-electron chi connectivity index (χ2n) is 6.41. The first-order valence-corrected chi connectivity index (χ1v) is 8.70. The maximum atomic E-state index is 11.6. The minimum atomic E-state index is -0.231. The molecule has 2 aromatic rings. The lowest BCUT2D eigenvalue weighted by Gasteiger charge is -2.12. The summed E-state index contributed by atoms with van der Waals surface area (Å²) >= 11 is 5.96. The quantitative estimate of drug-likeness (QED) is 0.820. The van der Waals surface area contributed by atoms with Gasteiger partial charge in [0.2, 0.25) is 0 Å². The standard InChI is InChI=1S/C11H10ClN3O.C7H13N/c1-14-11(16)7-5-8(12)9(13)6-3-2-4-15-10(6)7;1-2-8-4-6-3-7(6)5-8/h2-5H,13H2,1H3,(H,14,16);6-7H,2-5H2,1H3. The zero-order chi connectivity index (χ0) is 17.3. The Morgan fingerprint density at radius 3 is 2.75 bits per heavy atom. The van der Waals surface area contributed by atoms with Crippen molar-refractivity contribution in [3.8, 4) is 0 Å². The second-order valence-corrected chi connectivity index (χ2v) is 6.81. The number of aromatic nitrogens is 1. The van der Waals surface area contributed by atoms with Gasteiger partial charge in [0.1, 0.15) is 0 Å². The van der Waals surface area contributed by atoms with Gasteiger partial charge in [-0.05, 0) is 43.0 Å². The molecule has 6 heteroatoms. The highest BCUT2D eigenvalue weighted by Crippen LogP contribution is 2.44. The summed E-state index contributed by atoms with van der Waals surface area (Å²) in [5, 5.41) is 3.59. The number of anilines is 1. The third-order valence-electron chi connectivity index (χ3n) is 4.85. The number of likely N-dealkylation sites (tertiary alicyclic amines) is 1. The highest BCUT2D eigenvalue weighted by atomic mass is 35.5. The third-order valence-corrected chi connectivity index (χ3v) is 5.17. The lowest BCUT2D eigenvalue weighted by atomic mass is 10.1. The van der Waals surface area contributed by atoms with Gasteiger partial charge in [0.15, 0.2) is 0 Å². The molecule has 1 aromatic carbocycles. The van der Waals surface area contributed by atoms with Gasteiger partial charge in [0, 0.05) is 31.7 Å². The normalized spacial score (nSPS) is 21.8. The fourth-order valence-electron chi connectivity index (χ4n) is 3.30. The predicted molar refractivity (Wildman–Crippen MR) is 98.3 cm³/mol. The molecular weight excluding hydrogens is 324 g/mol. The predicted octanol–water partition coefficient (Wildman–Crippen LogP) is 2.79. The molecule has 1 saturated heterocycles. The number of fused-ring (bicyclic) bond motifs is 2. The van der Waals surface area contributed by atoms with Crippen LogP contribution >= 0.6 is 11.6 Å². The van der Waals surface area contributed by atoms with E-state index in [-0.39, 0.29) is 5.91 Å². The zero-order valence-electron chi connectivity index (χ0n) is 14.1. The van der Waals surface area contributed by atoms with Crippen molar-refractivity contribution in [1.29, 1.82) is 0 Å². The van der Waals surface area contributed by atoms with E-state index in [4.69, 9.17) is 17.3 Å². The van der Waals surface area contributed by atoms with E-state index in [1.807, 2.05) is 0 Å². The van der Waals surface area contributed by atoms with E-state index in [9.17, 15) is 4.79 Å². The van der Waals surface area contributed by atoms with E-state index in [1.54, 1.807) is 25.4 Å². The largest absolute Gasteiger partial charge is 0.397 e. The van der Waals surface area contributed by atoms with E-state index < -0.39 is 0 Å². The topological polar surface area (TPSA) is 71.2 Å². The number of carbonyl (C=O) groups is 1. The van der Waals surface area contributed by atoms with Crippen LogP contribution in [0.15, 0.2) is 24.4 Å². The number of nitrogens with one attached hydrogen (secondary N) is 1. The molecule has 2 heterocycles. The summed E-state index contributed by atoms with van der Waals surface area (Å²) in [5.74, 6) is 2.01. The van der Waals surface area contributed by atoms with Crippen LogP contribution in [0, 0.1) is 11.8 Å². The fraction of sp³-hybridized carbons (Fsp3) is 0.444. The van der Waals surface area contributed by atoms with Crippen molar-refractivity contribution in [3.05, 3.63) is 35.0 Å². The lowest BCUT2D eigenvalue weighted by molar-refractivity contribution is 0.0964. The number of hydrogen-bond acceptors (Lipinski definition) is 4. The number of nitrogen functional groups attached to an aromatic ring is 1. The number of halogens is 1. The zero-order valence-corrected chi connectivity index (χ0v) is 14.8. The Hall–Kier alpha value is -1.85. The summed E-state index contributed by atoms with van der Waals surface area (Å²) in [4.78, 5) is 18.3. The van der Waals surface area contributed by atoms with E-state index in [0.29, 0.717) is 27.2 Å². The smallest absolute Gasteiger partial charge is 0.253 e. The lowest BCUT2D eigenvalue weighted by Crippen LogP contribution is -2.21. The molecule has 0 spiro atoms. The van der Waals surface area contributed by atoms with Gasteiger partial charge in [-0.25, -0.2) is 0 Å². The van der Waals surface area contributed by atoms with Gasteiger partial charge in [-0.1, -0.05) is 18.5 Å². The minimum absolute atomic E-state index is 0.231. The number of piperidine rings is 1. The molecule has 0 radical (unpaired) electrons. The van der Waals surface area contributed by atoms with E-state index >= 15 is 0 Å². The van der Waals surface area contributed by atoms with Crippen LogP contribution in [0.1, 0.15) is 23.7 Å². The summed E-state index contributed by atoms with van der Waals surface area (Å²) in [6.07, 6.45) is 3.15. The molecular formula is C18H23ClN4O. The first-order chi connectivity index (χ1) is 11.5. The van der Waals surface area contributed by atoms with Crippen LogP contribution in [-0.2, 0) is 0 Å². The maximum absolute atomic E-state index is 11.6. The van der Waals surface area contributed by atoms with Gasteiger partial charge < -0.3 is 16.0 Å². The van der Waals surface area contributed by atoms with Gasteiger partial charge in [-0.2, -0.15) is 0 Å². The summed E-state index contributed by atoms with van der Waals surface area (Å²) in [6, 6.07) is 5.07. The molecule has 1 amide bonds. The van der Waals surface area contributed by atoms with Crippen LogP contribution in [-0.4, -0.2) is 42.5 Å². The Morgan fingerprint density at radius 1 is 1.46 bits per heavy atom. The molecule has 1 aliphatic heterocycles. The molecule has 24 heavy (non-hydrogen) atoms. The SMILES string of the molecule is CCN1CC2CC2C1.CNC(=O)c1cc(Cl)c(N)c2cccnc12. The first kappa shape index (κ1) is 17.0. The maximum Gasteiger partial charge on any atom is 0.253 e. The number of pyridine rings is 1. The summed E-state index contributed by atoms with van der Waals surface area (Å²) in [6.45, 7) is 6.33. The molecule has 3 N–H and O–H groups in total. The van der Waals surface area contributed by atoms with Crippen molar-refractivity contribution in [3.63, 3.8) is 0 Å². The number of nitrogens with two attached hydrogens (primary N) is 1. The van der Waals surface area contributed by atoms with E-state index in [1.165, 1.54) is 32.1 Å². The van der Waals surface area contributed by atoms with Crippen molar-refractivity contribution >= 4 is 34.1 Å². The molecule has 1 saturated carbocycles. The molecule has 128 valence electrons. The number of rotatable bonds is 2. The van der Waals surface area contributed by atoms with Gasteiger partial charge in [-0.15, -0.1) is 0 Å². The number of carbonyl (C=O) groups excluding carboxylic acids is 1. The fourth-order valence-corrected chi connectivity index (χ4v) is 3.51. The molecule has 0 bridgehead atoms. The summed E-state index contributed by atoms with van der Waals surface area (Å²) in [5.41, 5.74) is 7.25.